The van der Waals surface area contributed by atoms with Crippen LogP contribution in [0, 0.1) is 0 Å². The lowest BCUT2D eigenvalue weighted by molar-refractivity contribution is 0.0395. The molecule has 3 heterocycles. The van der Waals surface area contributed by atoms with Crippen molar-refractivity contribution >= 4 is 23.3 Å². The fourth-order valence-corrected chi connectivity index (χ4v) is 3.56. The third-order valence-corrected chi connectivity index (χ3v) is 5.12. The molecule has 0 aliphatic carbocycles. The number of likely N-dealkylation sites (tertiary alicyclic amines) is 1. The molecule has 1 atom stereocenters. The molecule has 2 aliphatic heterocycles. The molecule has 7 heteroatoms. The zero-order valence-electron chi connectivity index (χ0n) is 14.5. The normalized spacial score (nSPS) is 20.4. The topological polar surface area (TPSA) is 58.6 Å². The van der Waals surface area contributed by atoms with Crippen molar-refractivity contribution in [1.82, 2.24) is 14.9 Å². The van der Waals surface area contributed by atoms with E-state index in [-0.39, 0.29) is 12.0 Å². The maximum Gasteiger partial charge on any atom is 0.274 e. The average molecular weight is 373 g/mol. The molecular weight excluding hydrogens is 352 g/mol. The Balaban J connectivity index is 1.50. The third-order valence-electron chi connectivity index (χ3n) is 4.87. The lowest BCUT2D eigenvalue weighted by Gasteiger charge is -2.34. The number of morpholine rings is 1. The van der Waals surface area contributed by atoms with Gasteiger partial charge in [-0.3, -0.25) is 9.78 Å². The molecule has 2 saturated heterocycles. The third kappa shape index (κ3) is 3.66. The van der Waals surface area contributed by atoms with E-state index in [0.717, 1.165) is 43.9 Å². The van der Waals surface area contributed by atoms with Crippen molar-refractivity contribution in [2.45, 2.75) is 18.9 Å². The van der Waals surface area contributed by atoms with E-state index < -0.39 is 0 Å². The summed E-state index contributed by atoms with van der Waals surface area (Å²) in [6, 6.07) is 7.70. The number of ether oxygens (including phenoxy) is 1. The van der Waals surface area contributed by atoms with Gasteiger partial charge in [0.2, 0.25) is 0 Å². The highest BCUT2D eigenvalue weighted by Crippen LogP contribution is 2.26. The van der Waals surface area contributed by atoms with Gasteiger partial charge in [-0.25, -0.2) is 4.98 Å². The Morgan fingerprint density at radius 3 is 2.65 bits per heavy atom. The van der Waals surface area contributed by atoms with E-state index in [1.165, 1.54) is 0 Å². The molecular formula is C19H21ClN4O2. The second-order valence-electron chi connectivity index (χ2n) is 6.62. The van der Waals surface area contributed by atoms with Gasteiger partial charge in [0.1, 0.15) is 17.6 Å². The van der Waals surface area contributed by atoms with Gasteiger partial charge in [0.25, 0.3) is 5.91 Å². The van der Waals surface area contributed by atoms with Crippen molar-refractivity contribution in [3.8, 4) is 0 Å². The molecule has 0 unspecified atom stereocenters. The highest BCUT2D eigenvalue weighted by molar-refractivity contribution is 6.30. The zero-order chi connectivity index (χ0) is 17.9. The Bertz CT molecular complexity index is 777. The lowest BCUT2D eigenvalue weighted by Crippen LogP contribution is -2.39. The van der Waals surface area contributed by atoms with Crippen LogP contribution in [-0.4, -0.2) is 53.6 Å². The smallest absolute Gasteiger partial charge is 0.274 e. The first-order valence-corrected chi connectivity index (χ1v) is 9.32. The van der Waals surface area contributed by atoms with E-state index in [9.17, 15) is 4.79 Å². The maximum absolute atomic E-state index is 12.6. The van der Waals surface area contributed by atoms with Crippen LogP contribution in [0.3, 0.4) is 0 Å². The van der Waals surface area contributed by atoms with Gasteiger partial charge in [0.15, 0.2) is 0 Å². The number of carbonyl (C=O) groups is 1. The Morgan fingerprint density at radius 2 is 1.88 bits per heavy atom. The Morgan fingerprint density at radius 1 is 1.12 bits per heavy atom. The first-order valence-electron chi connectivity index (χ1n) is 8.94. The molecule has 1 aromatic carbocycles. The molecule has 26 heavy (non-hydrogen) atoms. The molecule has 0 saturated carbocycles. The van der Waals surface area contributed by atoms with Gasteiger partial charge in [0, 0.05) is 31.2 Å². The van der Waals surface area contributed by atoms with Crippen molar-refractivity contribution in [3.63, 3.8) is 0 Å². The van der Waals surface area contributed by atoms with Crippen molar-refractivity contribution in [2.24, 2.45) is 0 Å². The van der Waals surface area contributed by atoms with E-state index in [0.29, 0.717) is 23.9 Å². The number of halogens is 1. The lowest BCUT2D eigenvalue weighted by atomic mass is 10.1. The number of aromatic nitrogens is 2. The molecule has 1 aromatic heterocycles. The number of carbonyl (C=O) groups excluding carboxylic acids is 1. The van der Waals surface area contributed by atoms with Crippen LogP contribution in [0.4, 0.5) is 5.82 Å². The number of anilines is 1. The van der Waals surface area contributed by atoms with Crippen LogP contribution in [0.2, 0.25) is 5.02 Å². The van der Waals surface area contributed by atoms with Crippen molar-refractivity contribution in [3.05, 3.63) is 52.9 Å². The van der Waals surface area contributed by atoms with Crippen LogP contribution in [0.15, 0.2) is 36.7 Å². The Labute approximate surface area is 157 Å². The quantitative estimate of drug-likeness (QED) is 0.829. The van der Waals surface area contributed by atoms with Gasteiger partial charge in [-0.2, -0.15) is 0 Å². The minimum absolute atomic E-state index is 0.0284. The summed E-state index contributed by atoms with van der Waals surface area (Å²) in [6.07, 6.45) is 5.34. The number of hydrogen-bond donors (Lipinski definition) is 0. The molecule has 0 spiro atoms. The van der Waals surface area contributed by atoms with Crippen LogP contribution < -0.4 is 4.90 Å². The second-order valence-corrected chi connectivity index (χ2v) is 7.06. The molecule has 6 nitrogen and oxygen atoms in total. The Kier molecular flexibility index (Phi) is 5.04. The summed E-state index contributed by atoms with van der Waals surface area (Å²) in [6.45, 7) is 3.60. The fourth-order valence-electron chi connectivity index (χ4n) is 3.43. The summed E-state index contributed by atoms with van der Waals surface area (Å²) in [5.41, 5.74) is 1.50. The number of hydrogen-bond acceptors (Lipinski definition) is 5. The standard InChI is InChI=1S/C19H21ClN4O2/c20-15-5-3-14(4-6-15)17-13-24(9-10-26-17)18-12-21-11-16(22-18)19(25)23-7-1-2-8-23/h3-6,11-12,17H,1-2,7-10,13H2/t17-/m1/s1. The van der Waals surface area contributed by atoms with E-state index in [1.54, 1.807) is 12.4 Å². The summed E-state index contributed by atoms with van der Waals surface area (Å²) in [5, 5.41) is 0.709. The molecule has 1 amide bonds. The SMILES string of the molecule is O=C(c1cncc(N2CCO[C@@H](c3ccc(Cl)cc3)C2)n1)N1CCCC1. The minimum atomic E-state index is -0.0549. The van der Waals surface area contributed by atoms with Gasteiger partial charge < -0.3 is 14.5 Å². The monoisotopic (exact) mass is 372 g/mol. The van der Waals surface area contributed by atoms with Crippen molar-refractivity contribution in [1.29, 1.82) is 0 Å². The van der Waals surface area contributed by atoms with Crippen LogP contribution in [-0.2, 0) is 4.74 Å². The van der Waals surface area contributed by atoms with Crippen LogP contribution in [0.1, 0.15) is 35.0 Å². The van der Waals surface area contributed by atoms with E-state index in [1.807, 2.05) is 29.2 Å². The first kappa shape index (κ1) is 17.2. The molecule has 2 fully saturated rings. The van der Waals surface area contributed by atoms with Crippen LogP contribution >= 0.6 is 11.6 Å². The molecule has 0 bridgehead atoms. The van der Waals surface area contributed by atoms with Crippen molar-refractivity contribution in [2.75, 3.05) is 37.7 Å². The predicted octanol–water partition coefficient (Wildman–Crippen LogP) is 2.94. The van der Waals surface area contributed by atoms with E-state index in [4.69, 9.17) is 16.3 Å². The summed E-state index contributed by atoms with van der Waals surface area (Å²) < 4.78 is 5.91. The summed E-state index contributed by atoms with van der Waals surface area (Å²) >= 11 is 5.97. The van der Waals surface area contributed by atoms with Crippen LogP contribution in [0.5, 0.6) is 0 Å². The zero-order valence-corrected chi connectivity index (χ0v) is 15.2. The van der Waals surface area contributed by atoms with Gasteiger partial charge >= 0.3 is 0 Å². The maximum atomic E-state index is 12.6. The highest BCUT2D eigenvalue weighted by Gasteiger charge is 2.25. The Hall–Kier alpha value is -2.18. The van der Waals surface area contributed by atoms with E-state index >= 15 is 0 Å². The number of benzene rings is 1. The fraction of sp³-hybridized carbons (Fsp3) is 0.421. The summed E-state index contributed by atoms with van der Waals surface area (Å²) in [4.78, 5) is 25.4. The van der Waals surface area contributed by atoms with Gasteiger partial charge in [-0.15, -0.1) is 0 Å². The average Bonchev–Trinajstić information content (AvgIpc) is 3.23. The van der Waals surface area contributed by atoms with Crippen LogP contribution in [0.25, 0.3) is 0 Å². The number of amides is 1. The van der Waals surface area contributed by atoms with Crippen molar-refractivity contribution < 1.29 is 9.53 Å². The molecule has 4 rings (SSSR count). The van der Waals surface area contributed by atoms with Gasteiger partial charge in [-0.05, 0) is 30.5 Å². The predicted molar refractivity (Wildman–Crippen MR) is 99.5 cm³/mol. The highest BCUT2D eigenvalue weighted by atomic mass is 35.5. The summed E-state index contributed by atoms with van der Waals surface area (Å²) in [5.74, 6) is 0.691. The molecule has 0 radical (unpaired) electrons. The van der Waals surface area contributed by atoms with Gasteiger partial charge in [0.05, 0.1) is 19.0 Å². The summed E-state index contributed by atoms with van der Waals surface area (Å²) in [7, 11) is 0. The van der Waals surface area contributed by atoms with Gasteiger partial charge in [-0.1, -0.05) is 23.7 Å². The number of rotatable bonds is 3. The molecule has 136 valence electrons. The largest absolute Gasteiger partial charge is 0.370 e. The molecule has 2 aliphatic rings. The minimum Gasteiger partial charge on any atom is -0.370 e. The molecule has 0 N–H and O–H groups in total. The molecule has 2 aromatic rings. The van der Waals surface area contributed by atoms with E-state index in [2.05, 4.69) is 14.9 Å². The first-order chi connectivity index (χ1) is 12.7. The second kappa shape index (κ2) is 7.60. The number of nitrogens with zero attached hydrogens (tertiary/aromatic N) is 4.